The summed E-state index contributed by atoms with van der Waals surface area (Å²) in [5.41, 5.74) is 3.09. The molecule has 0 radical (unpaired) electrons. The van der Waals surface area contributed by atoms with E-state index < -0.39 is 0 Å². The van der Waals surface area contributed by atoms with Crippen molar-refractivity contribution in [3.05, 3.63) is 34.9 Å². The first-order chi connectivity index (χ1) is 10.0. The first-order valence-corrected chi connectivity index (χ1v) is 7.87. The van der Waals surface area contributed by atoms with Crippen LogP contribution in [0.15, 0.2) is 18.2 Å². The molecule has 2 unspecified atom stereocenters. The third-order valence-electron chi connectivity index (χ3n) is 4.54. The van der Waals surface area contributed by atoms with Crippen molar-refractivity contribution >= 4 is 5.78 Å². The van der Waals surface area contributed by atoms with E-state index in [1.54, 1.807) is 7.11 Å². The minimum atomic E-state index is -0.0508. The third-order valence-corrected chi connectivity index (χ3v) is 4.54. The molecule has 1 fully saturated rings. The first-order valence-electron chi connectivity index (χ1n) is 7.87. The third kappa shape index (κ3) is 3.92. The van der Waals surface area contributed by atoms with Gasteiger partial charge < -0.3 is 4.74 Å². The second kappa shape index (κ2) is 7.19. The van der Waals surface area contributed by atoms with Crippen LogP contribution < -0.4 is 0 Å². The van der Waals surface area contributed by atoms with Crippen LogP contribution >= 0.6 is 0 Å². The highest BCUT2D eigenvalue weighted by atomic mass is 16.5. The molecule has 0 amide bonds. The molecule has 21 heavy (non-hydrogen) atoms. The molecule has 0 spiro atoms. The summed E-state index contributed by atoms with van der Waals surface area (Å²) in [4.78, 5) is 15.1. The van der Waals surface area contributed by atoms with E-state index in [2.05, 4.69) is 11.0 Å². The van der Waals surface area contributed by atoms with Crippen molar-refractivity contribution in [1.82, 2.24) is 4.90 Å². The number of ketones is 1. The highest BCUT2D eigenvalue weighted by Crippen LogP contribution is 2.22. The van der Waals surface area contributed by atoms with Gasteiger partial charge in [0.15, 0.2) is 5.78 Å². The molecular formula is C18H27NO2. The van der Waals surface area contributed by atoms with E-state index >= 15 is 0 Å². The summed E-state index contributed by atoms with van der Waals surface area (Å²) in [6, 6.07) is 6.07. The summed E-state index contributed by atoms with van der Waals surface area (Å²) in [6.45, 7) is 8.86. The molecule has 2 rings (SSSR count). The number of carbonyl (C=O) groups is 1. The molecule has 3 nitrogen and oxygen atoms in total. The summed E-state index contributed by atoms with van der Waals surface area (Å²) >= 11 is 0. The van der Waals surface area contributed by atoms with Crippen molar-refractivity contribution in [2.75, 3.05) is 26.8 Å². The average molecular weight is 289 g/mol. The highest BCUT2D eigenvalue weighted by molar-refractivity contribution is 6.01. The van der Waals surface area contributed by atoms with Gasteiger partial charge in [-0.25, -0.2) is 0 Å². The van der Waals surface area contributed by atoms with Crippen LogP contribution in [0.5, 0.6) is 0 Å². The molecule has 116 valence electrons. The Morgan fingerprint density at radius 3 is 2.90 bits per heavy atom. The molecule has 0 bridgehead atoms. The summed E-state index contributed by atoms with van der Waals surface area (Å²) in [6.07, 6.45) is 2.35. The number of hydrogen-bond acceptors (Lipinski definition) is 3. The molecule has 2 atom stereocenters. The minimum absolute atomic E-state index is 0.0508. The Labute approximate surface area is 128 Å². The first kappa shape index (κ1) is 16.2. The van der Waals surface area contributed by atoms with Crippen LogP contribution in [0.1, 0.15) is 41.3 Å². The van der Waals surface area contributed by atoms with Crippen LogP contribution in [-0.2, 0) is 4.74 Å². The Bertz CT molecular complexity index is 496. The van der Waals surface area contributed by atoms with Gasteiger partial charge in [0.25, 0.3) is 0 Å². The van der Waals surface area contributed by atoms with Crippen LogP contribution in [0.3, 0.4) is 0 Å². The zero-order chi connectivity index (χ0) is 15.4. The Morgan fingerprint density at radius 2 is 2.19 bits per heavy atom. The van der Waals surface area contributed by atoms with Gasteiger partial charge in [-0.1, -0.05) is 17.7 Å². The Morgan fingerprint density at radius 1 is 1.43 bits per heavy atom. The van der Waals surface area contributed by atoms with Gasteiger partial charge in [0.2, 0.25) is 0 Å². The number of hydrogen-bond donors (Lipinski definition) is 0. The number of aryl methyl sites for hydroxylation is 2. The number of ether oxygens (including phenoxy) is 1. The molecule has 1 aliphatic rings. The van der Waals surface area contributed by atoms with Crippen LogP contribution in [0.2, 0.25) is 0 Å². The zero-order valence-electron chi connectivity index (χ0n) is 13.7. The maximum atomic E-state index is 12.8. The van der Waals surface area contributed by atoms with Crippen LogP contribution in [-0.4, -0.2) is 43.5 Å². The van der Waals surface area contributed by atoms with Gasteiger partial charge in [-0.05, 0) is 57.7 Å². The summed E-state index contributed by atoms with van der Waals surface area (Å²) < 4.78 is 5.28. The molecule has 1 aromatic carbocycles. The molecule has 1 aromatic rings. The number of likely N-dealkylation sites (tertiary alicyclic amines) is 1. The maximum absolute atomic E-state index is 12.8. The molecule has 0 N–H and O–H groups in total. The normalized spacial score (nSPS) is 21.2. The second-order valence-corrected chi connectivity index (χ2v) is 6.32. The smallest absolute Gasteiger partial charge is 0.179 e. The molecule has 1 saturated heterocycles. The van der Waals surface area contributed by atoms with E-state index in [0.29, 0.717) is 5.92 Å². The lowest BCUT2D eigenvalue weighted by Crippen LogP contribution is -2.46. The van der Waals surface area contributed by atoms with Crippen molar-refractivity contribution in [1.29, 1.82) is 0 Å². The minimum Gasteiger partial charge on any atom is -0.384 e. The van der Waals surface area contributed by atoms with Crippen LogP contribution in [0.25, 0.3) is 0 Å². The van der Waals surface area contributed by atoms with Crippen molar-refractivity contribution in [3.8, 4) is 0 Å². The molecule has 0 aliphatic carbocycles. The molecule has 1 heterocycles. The fourth-order valence-electron chi connectivity index (χ4n) is 3.21. The van der Waals surface area contributed by atoms with Gasteiger partial charge in [0, 0.05) is 19.2 Å². The monoisotopic (exact) mass is 289 g/mol. The largest absolute Gasteiger partial charge is 0.384 e. The van der Waals surface area contributed by atoms with Gasteiger partial charge in [0.1, 0.15) is 0 Å². The number of nitrogens with zero attached hydrogens (tertiary/aromatic N) is 1. The predicted octanol–water partition coefficient (Wildman–Crippen LogP) is 3.23. The Hall–Kier alpha value is -1.19. The van der Waals surface area contributed by atoms with Crippen molar-refractivity contribution in [2.24, 2.45) is 5.92 Å². The standard InChI is InChI=1S/C18H27NO2/c1-13-7-8-14(2)17(10-13)18(20)15(3)19-9-5-6-16(11-19)12-21-4/h7-8,10,15-16H,5-6,9,11-12H2,1-4H3. The lowest BCUT2D eigenvalue weighted by Gasteiger charge is -2.36. The SMILES string of the molecule is COCC1CCCN(C(C)C(=O)c2cc(C)ccc2C)C1. The fourth-order valence-corrected chi connectivity index (χ4v) is 3.21. The van der Waals surface area contributed by atoms with E-state index in [1.165, 1.54) is 6.42 Å². The van der Waals surface area contributed by atoms with Crippen molar-refractivity contribution < 1.29 is 9.53 Å². The van der Waals surface area contributed by atoms with E-state index in [4.69, 9.17) is 4.74 Å². The summed E-state index contributed by atoms with van der Waals surface area (Å²) in [7, 11) is 1.75. The van der Waals surface area contributed by atoms with Crippen LogP contribution in [0, 0.1) is 19.8 Å². The van der Waals surface area contributed by atoms with Gasteiger partial charge >= 0.3 is 0 Å². The van der Waals surface area contributed by atoms with E-state index in [-0.39, 0.29) is 11.8 Å². The lowest BCUT2D eigenvalue weighted by molar-refractivity contribution is 0.0594. The molecule has 1 aliphatic heterocycles. The second-order valence-electron chi connectivity index (χ2n) is 6.32. The Balaban J connectivity index is 2.09. The average Bonchev–Trinajstić information content (AvgIpc) is 2.49. The number of rotatable bonds is 5. The number of benzene rings is 1. The topological polar surface area (TPSA) is 29.5 Å². The maximum Gasteiger partial charge on any atom is 0.179 e. The lowest BCUT2D eigenvalue weighted by atomic mass is 9.93. The molecule has 0 saturated carbocycles. The highest BCUT2D eigenvalue weighted by Gasteiger charge is 2.28. The quantitative estimate of drug-likeness (QED) is 0.779. The van der Waals surface area contributed by atoms with E-state index in [9.17, 15) is 4.79 Å². The summed E-state index contributed by atoms with van der Waals surface area (Å²) in [5.74, 6) is 0.798. The molecule has 0 aromatic heterocycles. The zero-order valence-corrected chi connectivity index (χ0v) is 13.7. The van der Waals surface area contributed by atoms with E-state index in [0.717, 1.165) is 42.8 Å². The van der Waals surface area contributed by atoms with E-state index in [1.807, 2.05) is 32.9 Å². The molecular weight excluding hydrogens is 262 g/mol. The van der Waals surface area contributed by atoms with Crippen molar-refractivity contribution in [2.45, 2.75) is 39.7 Å². The van der Waals surface area contributed by atoms with Gasteiger partial charge in [-0.2, -0.15) is 0 Å². The van der Waals surface area contributed by atoms with Gasteiger partial charge in [0.05, 0.1) is 12.6 Å². The molecule has 3 heteroatoms. The predicted molar refractivity (Wildman–Crippen MR) is 85.9 cm³/mol. The van der Waals surface area contributed by atoms with Gasteiger partial charge in [-0.3, -0.25) is 9.69 Å². The number of methoxy groups -OCH3 is 1. The number of Topliss-reactive ketones (excluding diaryl/α,β-unsaturated/α-hetero) is 1. The van der Waals surface area contributed by atoms with Crippen LogP contribution in [0.4, 0.5) is 0 Å². The summed E-state index contributed by atoms with van der Waals surface area (Å²) in [5, 5.41) is 0. The number of carbonyl (C=O) groups excluding carboxylic acids is 1. The van der Waals surface area contributed by atoms with Gasteiger partial charge in [-0.15, -0.1) is 0 Å². The Kier molecular flexibility index (Phi) is 5.54. The van der Waals surface area contributed by atoms with Crippen molar-refractivity contribution in [3.63, 3.8) is 0 Å². The fraction of sp³-hybridized carbons (Fsp3) is 0.611. The number of piperidine rings is 1.